The van der Waals surface area contributed by atoms with Gasteiger partial charge in [-0.3, -0.25) is 4.79 Å². The number of amides is 1. The molecule has 0 saturated carbocycles. The van der Waals surface area contributed by atoms with Crippen molar-refractivity contribution < 1.29 is 19.5 Å². The van der Waals surface area contributed by atoms with Gasteiger partial charge >= 0.3 is 0 Å². The first kappa shape index (κ1) is 27.9. The van der Waals surface area contributed by atoms with Gasteiger partial charge in [-0.2, -0.15) is 0 Å². The highest BCUT2D eigenvalue weighted by Gasteiger charge is 2.17. The Bertz CT molecular complexity index is 1390. The van der Waals surface area contributed by atoms with E-state index in [1.54, 1.807) is 42.6 Å². The molecule has 4 rings (SSSR count). The Balaban J connectivity index is 1.51. The van der Waals surface area contributed by atoms with Gasteiger partial charge in [0.1, 0.15) is 36.1 Å². The predicted octanol–water partition coefficient (Wildman–Crippen LogP) is 5.39. The maximum atomic E-state index is 12.5. The monoisotopic (exact) mass is 550 g/mol. The van der Waals surface area contributed by atoms with Crippen molar-refractivity contribution in [2.45, 2.75) is 32.7 Å². The maximum absolute atomic E-state index is 12.5. The van der Waals surface area contributed by atoms with E-state index in [0.717, 1.165) is 11.1 Å². The second-order valence-electron chi connectivity index (χ2n) is 9.78. The van der Waals surface area contributed by atoms with Gasteiger partial charge in [-0.1, -0.05) is 22.8 Å². The molecule has 0 fully saturated rings. The zero-order valence-corrected chi connectivity index (χ0v) is 22.7. The van der Waals surface area contributed by atoms with Crippen LogP contribution in [0, 0.1) is 0 Å². The van der Waals surface area contributed by atoms with Crippen LogP contribution < -0.4 is 20.7 Å². The van der Waals surface area contributed by atoms with Crippen molar-refractivity contribution >= 4 is 47.1 Å². The molecular formula is C28H31ClN6O4. The van der Waals surface area contributed by atoms with Crippen molar-refractivity contribution in [2.24, 2.45) is 5.16 Å². The Morgan fingerprint density at radius 2 is 2.08 bits per heavy atom. The van der Waals surface area contributed by atoms with Gasteiger partial charge in [-0.05, 0) is 75.2 Å². The van der Waals surface area contributed by atoms with E-state index < -0.39 is 0 Å². The van der Waals surface area contributed by atoms with Crippen LogP contribution in [0.25, 0.3) is 6.08 Å². The molecule has 10 nitrogen and oxygen atoms in total. The van der Waals surface area contributed by atoms with Crippen LogP contribution in [0.2, 0.25) is 5.02 Å². The molecule has 0 radical (unpaired) electrons. The van der Waals surface area contributed by atoms with E-state index in [-0.39, 0.29) is 24.7 Å². The summed E-state index contributed by atoms with van der Waals surface area (Å²) in [6, 6.07) is 12.2. The fourth-order valence-electron chi connectivity index (χ4n) is 3.69. The molecule has 0 aliphatic carbocycles. The zero-order valence-electron chi connectivity index (χ0n) is 22.0. The molecule has 4 N–H and O–H groups in total. The summed E-state index contributed by atoms with van der Waals surface area (Å²) in [5.74, 6) is 2.03. The summed E-state index contributed by atoms with van der Waals surface area (Å²) in [5.41, 5.74) is 2.52. The van der Waals surface area contributed by atoms with Gasteiger partial charge in [0.05, 0.1) is 23.4 Å². The molecular weight excluding hydrogens is 520 g/mol. The first-order valence-electron chi connectivity index (χ1n) is 12.4. The van der Waals surface area contributed by atoms with E-state index in [4.69, 9.17) is 26.3 Å². The lowest BCUT2D eigenvalue weighted by atomic mass is 10.1. The van der Waals surface area contributed by atoms with Gasteiger partial charge in [-0.25, -0.2) is 9.97 Å². The number of benzene rings is 2. The van der Waals surface area contributed by atoms with E-state index in [1.807, 2.05) is 32.9 Å². The molecule has 1 aromatic heterocycles. The number of anilines is 3. The predicted molar refractivity (Wildman–Crippen MR) is 153 cm³/mol. The van der Waals surface area contributed by atoms with Crippen LogP contribution in [0.3, 0.4) is 0 Å². The Morgan fingerprint density at radius 3 is 2.85 bits per heavy atom. The molecule has 0 saturated heterocycles. The third kappa shape index (κ3) is 7.92. The number of oxime groups is 1. The second kappa shape index (κ2) is 12.6. The molecule has 0 bridgehead atoms. The van der Waals surface area contributed by atoms with Gasteiger partial charge in [0.15, 0.2) is 0 Å². The molecule has 204 valence electrons. The highest BCUT2D eigenvalue weighted by atomic mass is 35.5. The van der Waals surface area contributed by atoms with Gasteiger partial charge < -0.3 is 30.6 Å². The fourth-order valence-corrected chi connectivity index (χ4v) is 3.91. The molecule has 1 aliphatic heterocycles. The van der Waals surface area contributed by atoms with Crippen molar-refractivity contribution in [3.63, 3.8) is 0 Å². The number of hydrogen-bond donors (Lipinski definition) is 4. The average molecular weight is 551 g/mol. The van der Waals surface area contributed by atoms with E-state index in [9.17, 15) is 4.79 Å². The number of nitrogens with zero attached hydrogens (tertiary/aromatic N) is 3. The first-order valence-corrected chi connectivity index (χ1v) is 12.8. The molecule has 2 aromatic carbocycles. The summed E-state index contributed by atoms with van der Waals surface area (Å²) in [5, 5.41) is 22.7. The molecule has 1 amide bonds. The van der Waals surface area contributed by atoms with Crippen LogP contribution in [-0.4, -0.2) is 52.5 Å². The largest absolute Gasteiger partial charge is 0.456 e. The Kier molecular flexibility index (Phi) is 9.00. The summed E-state index contributed by atoms with van der Waals surface area (Å²) in [6.45, 7) is 6.47. The minimum Gasteiger partial charge on any atom is -0.456 e. The number of ether oxygens (including phenoxy) is 1. The molecule has 3 aromatic rings. The molecule has 39 heavy (non-hydrogen) atoms. The first-order chi connectivity index (χ1) is 18.7. The molecule has 0 spiro atoms. The summed E-state index contributed by atoms with van der Waals surface area (Å²) >= 11 is 6.56. The van der Waals surface area contributed by atoms with Gasteiger partial charge in [-0.15, -0.1) is 0 Å². The van der Waals surface area contributed by atoms with E-state index in [2.05, 4.69) is 31.1 Å². The highest BCUT2D eigenvalue weighted by molar-refractivity contribution is 6.32. The third-order valence-corrected chi connectivity index (χ3v) is 5.70. The lowest BCUT2D eigenvalue weighted by Gasteiger charge is -2.20. The number of rotatable bonds is 9. The maximum Gasteiger partial charge on any atom is 0.251 e. The van der Waals surface area contributed by atoms with Crippen molar-refractivity contribution in [2.75, 3.05) is 30.4 Å². The summed E-state index contributed by atoms with van der Waals surface area (Å²) in [4.78, 5) is 26.3. The number of aliphatic hydroxyl groups is 1. The zero-order chi connectivity index (χ0) is 27.8. The minimum atomic E-state index is -0.349. The molecule has 1 aliphatic rings. The normalized spacial score (nSPS) is 13.1. The van der Waals surface area contributed by atoms with Gasteiger partial charge in [0.25, 0.3) is 5.91 Å². The fraction of sp³-hybridized carbons (Fsp3) is 0.286. The number of nitrogens with one attached hydrogen (secondary N) is 3. The molecule has 2 heterocycles. The number of aromatic nitrogens is 2. The number of fused-ring (bicyclic) bond motifs is 1. The number of carbonyl (C=O) groups is 1. The Morgan fingerprint density at radius 1 is 1.23 bits per heavy atom. The molecule has 0 atom stereocenters. The quantitative estimate of drug-likeness (QED) is 0.158. The Labute approximate surface area is 232 Å². The highest BCUT2D eigenvalue weighted by Crippen LogP contribution is 2.34. The average Bonchev–Trinajstić information content (AvgIpc) is 3.10. The Hall–Kier alpha value is -4.15. The summed E-state index contributed by atoms with van der Waals surface area (Å²) in [6.07, 6.45) is 5.74. The summed E-state index contributed by atoms with van der Waals surface area (Å²) < 4.78 is 5.98. The van der Waals surface area contributed by atoms with Crippen molar-refractivity contribution in [3.05, 3.63) is 70.5 Å². The van der Waals surface area contributed by atoms with Crippen LogP contribution in [0.1, 0.15) is 43.1 Å². The van der Waals surface area contributed by atoms with Crippen molar-refractivity contribution in [1.82, 2.24) is 15.3 Å². The van der Waals surface area contributed by atoms with Crippen LogP contribution in [0.15, 0.2) is 59.5 Å². The van der Waals surface area contributed by atoms with Crippen LogP contribution in [-0.2, 0) is 4.84 Å². The van der Waals surface area contributed by atoms with Gasteiger partial charge in [0.2, 0.25) is 0 Å². The number of carbonyl (C=O) groups excluding carboxylic acids is 1. The van der Waals surface area contributed by atoms with E-state index >= 15 is 0 Å². The summed E-state index contributed by atoms with van der Waals surface area (Å²) in [7, 11) is 0. The SMILES string of the molecule is CC(C)(C)NC(=O)c1cccc(Oc2ccc(Nc3ncnc4c3C=C(C=NOCCO)CCN4)cc2Cl)c1. The third-order valence-electron chi connectivity index (χ3n) is 5.40. The van der Waals surface area contributed by atoms with Crippen LogP contribution in [0.5, 0.6) is 11.5 Å². The van der Waals surface area contributed by atoms with Crippen molar-refractivity contribution in [3.8, 4) is 11.5 Å². The molecule has 11 heteroatoms. The topological polar surface area (TPSA) is 130 Å². The van der Waals surface area contributed by atoms with Crippen LogP contribution >= 0.6 is 11.6 Å². The van der Waals surface area contributed by atoms with Gasteiger partial charge in [0, 0.05) is 23.3 Å². The molecule has 0 unspecified atom stereocenters. The number of aliphatic hydroxyl groups excluding tert-OH is 1. The standard InChI is InChI=1S/C28H31ClN6O4/c1-28(2,3)35-27(37)19-5-4-6-21(14-19)39-24-8-7-20(15-23(24)29)34-26-22-13-18(16-33-38-12-11-36)9-10-30-25(22)31-17-32-26/h4-8,13-17,36H,9-12H2,1-3H3,(H,35,37)(H2,30,31,32,34). The van der Waals surface area contributed by atoms with E-state index in [1.165, 1.54) is 6.33 Å². The minimum absolute atomic E-state index is 0.101. The lowest BCUT2D eigenvalue weighted by Crippen LogP contribution is -2.40. The van der Waals surface area contributed by atoms with E-state index in [0.29, 0.717) is 52.4 Å². The van der Waals surface area contributed by atoms with Crippen molar-refractivity contribution in [1.29, 1.82) is 0 Å². The second-order valence-corrected chi connectivity index (χ2v) is 10.2. The number of hydrogen-bond acceptors (Lipinski definition) is 9. The lowest BCUT2D eigenvalue weighted by molar-refractivity contribution is 0.0919. The van der Waals surface area contributed by atoms with Crippen LogP contribution in [0.4, 0.5) is 17.3 Å². The smallest absolute Gasteiger partial charge is 0.251 e. The number of halogens is 1.